The quantitative estimate of drug-likeness (QED) is 0.667. The number of rotatable bonds is 6. The first kappa shape index (κ1) is 21.3. The summed E-state index contributed by atoms with van der Waals surface area (Å²) in [6, 6.07) is 6.33. The summed E-state index contributed by atoms with van der Waals surface area (Å²) < 4.78 is 6.19. The van der Waals surface area contributed by atoms with Gasteiger partial charge in [-0.3, -0.25) is 0 Å². The van der Waals surface area contributed by atoms with E-state index < -0.39 is 0 Å². The number of hydroxylamine groups is 1. The van der Waals surface area contributed by atoms with Crippen molar-refractivity contribution in [2.45, 2.75) is 27.7 Å². The van der Waals surface area contributed by atoms with Crippen LogP contribution in [-0.4, -0.2) is 31.1 Å². The minimum atomic E-state index is 0.837. The van der Waals surface area contributed by atoms with Crippen molar-refractivity contribution in [1.82, 2.24) is 10.4 Å². The number of nitrogens with one attached hydrogen (secondary N) is 2. The van der Waals surface area contributed by atoms with E-state index in [2.05, 4.69) is 83.5 Å². The first-order valence-electron chi connectivity index (χ1n) is 10.6. The third-order valence-corrected chi connectivity index (χ3v) is 5.08. The highest BCUT2D eigenvalue weighted by atomic mass is 16.6. The van der Waals surface area contributed by atoms with Gasteiger partial charge in [-0.05, 0) is 52.0 Å². The van der Waals surface area contributed by atoms with E-state index in [4.69, 9.17) is 4.74 Å². The fraction of sp³-hybridized carbons (Fsp3) is 0.333. The molecule has 30 heavy (non-hydrogen) atoms. The van der Waals surface area contributed by atoms with Gasteiger partial charge in [0.15, 0.2) is 11.4 Å². The summed E-state index contributed by atoms with van der Waals surface area (Å²) >= 11 is 0. The zero-order valence-corrected chi connectivity index (χ0v) is 18.2. The molecule has 2 aliphatic heterocycles. The molecular weight excluding hydrogens is 376 g/mol. The lowest BCUT2D eigenvalue weighted by atomic mass is 10.1. The van der Waals surface area contributed by atoms with Crippen LogP contribution < -0.4 is 20.4 Å². The van der Waals surface area contributed by atoms with E-state index in [1.54, 1.807) is 18.5 Å². The first-order chi connectivity index (χ1) is 14.7. The second-order valence-electron chi connectivity index (χ2n) is 6.77. The van der Waals surface area contributed by atoms with Gasteiger partial charge in [-0.15, -0.1) is 0 Å². The van der Waals surface area contributed by atoms with Crippen LogP contribution in [0.1, 0.15) is 27.7 Å². The fourth-order valence-corrected chi connectivity index (χ4v) is 3.41. The van der Waals surface area contributed by atoms with E-state index in [1.807, 2.05) is 12.2 Å². The van der Waals surface area contributed by atoms with E-state index >= 15 is 0 Å². The highest BCUT2D eigenvalue weighted by Crippen LogP contribution is 2.37. The number of benzene rings is 1. The molecule has 6 heteroatoms. The Labute approximate surface area is 179 Å². The molecule has 0 unspecified atom stereocenters. The van der Waals surface area contributed by atoms with Crippen molar-refractivity contribution < 1.29 is 9.57 Å². The van der Waals surface area contributed by atoms with Gasteiger partial charge >= 0.3 is 0 Å². The standard InChI is InChI=1S/C20H26N3O.C4H5NO/c1-5-22(6-2)15-9-11-17-19(13-15)24-20-14-16(23(7-3)8-4)10-12-18(20)21-17;1-2-4-6-5-3-1/h9-11,13-14,21H,5-8H2,1-4H3;1-5H/q+1;. The average Bonchev–Trinajstić information content (AvgIpc) is 2.81. The van der Waals surface area contributed by atoms with Crippen LogP contribution in [0.5, 0.6) is 5.75 Å². The van der Waals surface area contributed by atoms with Gasteiger partial charge in [0.1, 0.15) is 18.4 Å². The van der Waals surface area contributed by atoms with Crippen LogP contribution in [-0.2, 0) is 4.84 Å². The maximum atomic E-state index is 6.19. The lowest BCUT2D eigenvalue weighted by Gasteiger charge is -2.25. The van der Waals surface area contributed by atoms with Crippen molar-refractivity contribution in [3.8, 4) is 5.75 Å². The predicted molar refractivity (Wildman–Crippen MR) is 123 cm³/mol. The van der Waals surface area contributed by atoms with E-state index in [-0.39, 0.29) is 0 Å². The smallest absolute Gasteiger partial charge is 0.269 e. The average molecular weight is 408 g/mol. The van der Waals surface area contributed by atoms with Gasteiger partial charge in [-0.2, -0.15) is 0 Å². The van der Waals surface area contributed by atoms with Crippen LogP contribution in [0.3, 0.4) is 0 Å². The van der Waals surface area contributed by atoms with Crippen molar-refractivity contribution in [2.75, 3.05) is 36.4 Å². The van der Waals surface area contributed by atoms with Crippen LogP contribution in [0, 0.1) is 6.08 Å². The van der Waals surface area contributed by atoms with E-state index in [9.17, 15) is 0 Å². The lowest BCUT2D eigenvalue weighted by molar-refractivity contribution is 0.172. The maximum absolute atomic E-state index is 6.19. The summed E-state index contributed by atoms with van der Waals surface area (Å²) in [5.41, 5.74) is 6.74. The Morgan fingerprint density at radius 1 is 0.967 bits per heavy atom. The third-order valence-electron chi connectivity index (χ3n) is 5.08. The minimum Gasteiger partial charge on any atom is -0.393 e. The molecule has 0 aromatic heterocycles. The zero-order chi connectivity index (χ0) is 21.3. The summed E-state index contributed by atoms with van der Waals surface area (Å²) in [5.74, 6) is 1.71. The fourth-order valence-electron chi connectivity index (χ4n) is 3.41. The molecule has 6 nitrogen and oxygen atoms in total. The summed E-state index contributed by atoms with van der Waals surface area (Å²) in [6.45, 7) is 12.6. The molecule has 0 radical (unpaired) electrons. The monoisotopic (exact) mass is 407 g/mol. The van der Waals surface area contributed by atoms with Gasteiger partial charge in [0.2, 0.25) is 0 Å². The molecule has 2 N–H and O–H groups in total. The van der Waals surface area contributed by atoms with Crippen LogP contribution in [0.15, 0.2) is 72.1 Å². The second kappa shape index (κ2) is 10.4. The molecule has 0 amide bonds. The Hall–Kier alpha value is -3.37. The SMILES string of the molecule is C1=CNOC=C1.CCN(CC)C1=CC2=C([C+]=C1)Nc1ccc(N(CC)CC)cc1O2. The predicted octanol–water partition coefficient (Wildman–Crippen LogP) is 4.70. The molecular formula is C24H31N4O2+. The van der Waals surface area contributed by atoms with Gasteiger partial charge in [-0.1, -0.05) is 0 Å². The second-order valence-corrected chi connectivity index (χ2v) is 6.77. The van der Waals surface area contributed by atoms with Crippen molar-refractivity contribution in [2.24, 2.45) is 0 Å². The number of nitrogens with zero attached hydrogens (tertiary/aromatic N) is 2. The number of ether oxygens (including phenoxy) is 1. The van der Waals surface area contributed by atoms with Crippen molar-refractivity contribution in [1.29, 1.82) is 0 Å². The number of likely N-dealkylation sites (N-methyl/N-ethyl adjacent to an activating group) is 1. The Balaban J connectivity index is 0.000000367. The molecule has 1 aromatic rings. The van der Waals surface area contributed by atoms with Crippen molar-refractivity contribution in [3.63, 3.8) is 0 Å². The van der Waals surface area contributed by atoms with E-state index in [0.29, 0.717) is 0 Å². The number of allylic oxidation sites excluding steroid dienone is 5. The summed E-state index contributed by atoms with van der Waals surface area (Å²) in [5, 5.41) is 3.43. The van der Waals surface area contributed by atoms with Crippen LogP contribution in [0.25, 0.3) is 0 Å². The largest absolute Gasteiger partial charge is 0.393 e. The molecule has 1 aromatic carbocycles. The molecule has 3 aliphatic rings. The molecule has 4 rings (SSSR count). The highest BCUT2D eigenvalue weighted by molar-refractivity contribution is 5.70. The zero-order valence-electron chi connectivity index (χ0n) is 18.2. The highest BCUT2D eigenvalue weighted by Gasteiger charge is 2.29. The van der Waals surface area contributed by atoms with Gasteiger partial charge in [0.05, 0.1) is 11.8 Å². The molecule has 0 saturated heterocycles. The molecule has 0 bridgehead atoms. The van der Waals surface area contributed by atoms with Crippen LogP contribution >= 0.6 is 0 Å². The summed E-state index contributed by atoms with van der Waals surface area (Å²) in [4.78, 5) is 9.16. The van der Waals surface area contributed by atoms with Gasteiger partial charge in [0, 0.05) is 44.1 Å². The Morgan fingerprint density at radius 2 is 1.73 bits per heavy atom. The molecule has 0 saturated carbocycles. The Morgan fingerprint density at radius 3 is 2.30 bits per heavy atom. The lowest BCUT2D eigenvalue weighted by Crippen LogP contribution is -2.24. The molecule has 158 valence electrons. The Kier molecular flexibility index (Phi) is 7.41. The summed E-state index contributed by atoms with van der Waals surface area (Å²) in [6.07, 6.45) is 14.4. The van der Waals surface area contributed by atoms with Crippen molar-refractivity contribution >= 4 is 11.4 Å². The van der Waals surface area contributed by atoms with Gasteiger partial charge < -0.3 is 24.7 Å². The normalized spacial score (nSPS) is 15.0. The van der Waals surface area contributed by atoms with Gasteiger partial charge in [0.25, 0.3) is 11.5 Å². The topological polar surface area (TPSA) is 49.0 Å². The van der Waals surface area contributed by atoms with Crippen molar-refractivity contribution in [3.05, 3.63) is 78.2 Å². The maximum Gasteiger partial charge on any atom is 0.269 e. The van der Waals surface area contributed by atoms with Gasteiger partial charge in [-0.25, -0.2) is 5.48 Å². The number of hydrogen-bond acceptors (Lipinski definition) is 6. The molecule has 0 atom stereocenters. The van der Waals surface area contributed by atoms with Crippen LogP contribution in [0.2, 0.25) is 0 Å². The van der Waals surface area contributed by atoms with Crippen LogP contribution in [0.4, 0.5) is 11.4 Å². The minimum absolute atomic E-state index is 0.837. The van der Waals surface area contributed by atoms with E-state index in [0.717, 1.165) is 54.8 Å². The number of fused-ring (bicyclic) bond motifs is 1. The molecule has 2 heterocycles. The van der Waals surface area contributed by atoms with E-state index in [1.165, 1.54) is 5.69 Å². The first-order valence-corrected chi connectivity index (χ1v) is 10.6. The third kappa shape index (κ3) is 4.97. The molecule has 0 fully saturated rings. The molecule has 0 spiro atoms. The molecule has 1 aliphatic carbocycles. The Bertz CT molecular complexity index is 863. The number of hydrogen-bond donors (Lipinski definition) is 2. The number of anilines is 2. The summed E-state index contributed by atoms with van der Waals surface area (Å²) in [7, 11) is 0.